The van der Waals surface area contributed by atoms with Gasteiger partial charge in [-0.3, -0.25) is 10.1 Å². The minimum absolute atomic E-state index is 0.203. The number of hydrogen-bond donors (Lipinski definition) is 0. The quantitative estimate of drug-likeness (QED) is 0.475. The Balaban J connectivity index is 3.54. The van der Waals surface area contributed by atoms with Gasteiger partial charge in [0.25, 0.3) is 5.69 Å². The molecule has 0 atom stereocenters. The summed E-state index contributed by atoms with van der Waals surface area (Å²) in [5.74, 6) is -1.14. The molecule has 0 aliphatic heterocycles. The van der Waals surface area contributed by atoms with Gasteiger partial charge in [-0.05, 0) is 6.07 Å². The fraction of sp³-hybridized carbons (Fsp3) is 0.222. The van der Waals surface area contributed by atoms with E-state index in [1.807, 2.05) is 0 Å². The smallest absolute Gasteiger partial charge is 0.418 e. The summed E-state index contributed by atoms with van der Waals surface area (Å²) in [7, 11) is 0.942. The largest absolute Gasteiger partial charge is 0.465 e. The van der Waals surface area contributed by atoms with Gasteiger partial charge in [0.05, 0.1) is 22.6 Å². The second kappa shape index (κ2) is 4.81. The number of alkyl halides is 3. The van der Waals surface area contributed by atoms with E-state index in [9.17, 15) is 28.1 Å². The Morgan fingerprint density at radius 2 is 2.00 bits per heavy atom. The van der Waals surface area contributed by atoms with Crippen molar-refractivity contribution in [1.82, 2.24) is 0 Å². The van der Waals surface area contributed by atoms with E-state index in [4.69, 9.17) is 11.6 Å². The SMILES string of the molecule is COC(=O)c1cc(Cl)c(C(F)(F)F)cc1[N+](=O)[O-]. The van der Waals surface area contributed by atoms with Gasteiger partial charge in [0.2, 0.25) is 0 Å². The number of nitro benzene ring substituents is 1. The maximum Gasteiger partial charge on any atom is 0.418 e. The van der Waals surface area contributed by atoms with E-state index in [0.717, 1.165) is 7.11 Å². The Kier molecular flexibility index (Phi) is 3.80. The Bertz CT molecular complexity index is 515. The highest BCUT2D eigenvalue weighted by Crippen LogP contribution is 2.38. The van der Waals surface area contributed by atoms with E-state index in [2.05, 4.69) is 4.74 Å². The fourth-order valence-corrected chi connectivity index (χ4v) is 1.47. The third-order valence-electron chi connectivity index (χ3n) is 1.99. The minimum atomic E-state index is -4.85. The lowest BCUT2D eigenvalue weighted by molar-refractivity contribution is -0.385. The molecule has 1 aromatic rings. The summed E-state index contributed by atoms with van der Waals surface area (Å²) in [4.78, 5) is 20.7. The first kappa shape index (κ1) is 14.2. The molecule has 0 saturated carbocycles. The minimum Gasteiger partial charge on any atom is -0.465 e. The van der Waals surface area contributed by atoms with Crippen molar-refractivity contribution < 1.29 is 27.6 Å². The molecule has 9 heteroatoms. The van der Waals surface area contributed by atoms with Crippen molar-refractivity contribution in [2.75, 3.05) is 7.11 Å². The number of rotatable bonds is 2. The third-order valence-corrected chi connectivity index (χ3v) is 2.31. The summed E-state index contributed by atoms with van der Waals surface area (Å²) in [5, 5.41) is 9.81. The van der Waals surface area contributed by atoms with Crippen LogP contribution in [0, 0.1) is 10.1 Å². The zero-order chi connectivity index (χ0) is 14.1. The van der Waals surface area contributed by atoms with Gasteiger partial charge in [-0.15, -0.1) is 0 Å². The van der Waals surface area contributed by atoms with Gasteiger partial charge in [0, 0.05) is 6.07 Å². The van der Waals surface area contributed by atoms with Gasteiger partial charge in [-0.1, -0.05) is 11.6 Å². The lowest BCUT2D eigenvalue weighted by Crippen LogP contribution is -2.11. The third kappa shape index (κ3) is 2.70. The standard InChI is InChI=1S/C9H5ClF3NO4/c1-18-8(15)4-2-6(10)5(9(11,12)13)3-7(4)14(16)17/h2-3H,1H3. The van der Waals surface area contributed by atoms with Gasteiger partial charge in [0.15, 0.2) is 0 Å². The molecule has 98 valence electrons. The Hall–Kier alpha value is -1.83. The molecule has 0 aliphatic carbocycles. The van der Waals surface area contributed by atoms with Crippen molar-refractivity contribution >= 4 is 23.3 Å². The number of nitro groups is 1. The monoisotopic (exact) mass is 283 g/mol. The van der Waals surface area contributed by atoms with Crippen LogP contribution < -0.4 is 0 Å². The molecule has 0 fully saturated rings. The van der Waals surface area contributed by atoms with E-state index in [1.54, 1.807) is 0 Å². The highest BCUT2D eigenvalue weighted by atomic mass is 35.5. The molecule has 0 aliphatic rings. The van der Waals surface area contributed by atoms with Crippen LogP contribution in [0.3, 0.4) is 0 Å². The van der Waals surface area contributed by atoms with Gasteiger partial charge in [-0.2, -0.15) is 13.2 Å². The van der Waals surface area contributed by atoms with Crippen molar-refractivity contribution in [2.45, 2.75) is 6.18 Å². The van der Waals surface area contributed by atoms with E-state index in [-0.39, 0.29) is 6.07 Å². The number of carbonyl (C=O) groups excluding carboxylic acids is 1. The van der Waals surface area contributed by atoms with Crippen LogP contribution in [0.4, 0.5) is 18.9 Å². The van der Waals surface area contributed by atoms with Crippen molar-refractivity contribution in [3.63, 3.8) is 0 Å². The van der Waals surface area contributed by atoms with Crippen LogP contribution in [-0.4, -0.2) is 18.0 Å². The molecule has 0 amide bonds. The average molecular weight is 284 g/mol. The van der Waals surface area contributed by atoms with E-state index in [1.165, 1.54) is 0 Å². The Morgan fingerprint density at radius 3 is 2.39 bits per heavy atom. The number of esters is 1. The predicted molar refractivity (Wildman–Crippen MR) is 54.4 cm³/mol. The van der Waals surface area contributed by atoms with Crippen molar-refractivity contribution in [3.8, 4) is 0 Å². The molecule has 0 saturated heterocycles. The lowest BCUT2D eigenvalue weighted by Gasteiger charge is -2.10. The molecule has 0 spiro atoms. The van der Waals surface area contributed by atoms with Crippen LogP contribution in [-0.2, 0) is 10.9 Å². The van der Waals surface area contributed by atoms with E-state index < -0.39 is 38.9 Å². The molecule has 0 heterocycles. The van der Waals surface area contributed by atoms with Crippen molar-refractivity contribution in [1.29, 1.82) is 0 Å². The number of ether oxygens (including phenoxy) is 1. The number of methoxy groups -OCH3 is 1. The fourth-order valence-electron chi connectivity index (χ4n) is 1.20. The molecule has 18 heavy (non-hydrogen) atoms. The number of halogens is 4. The zero-order valence-corrected chi connectivity index (χ0v) is 9.50. The molecule has 1 rings (SSSR count). The number of carbonyl (C=O) groups is 1. The van der Waals surface area contributed by atoms with Crippen LogP contribution in [0.1, 0.15) is 15.9 Å². The first-order valence-corrected chi connectivity index (χ1v) is 4.69. The predicted octanol–water partition coefficient (Wildman–Crippen LogP) is 3.05. The van der Waals surface area contributed by atoms with Crippen LogP contribution in [0.25, 0.3) is 0 Å². The zero-order valence-electron chi connectivity index (χ0n) is 8.75. The van der Waals surface area contributed by atoms with Crippen LogP contribution in [0.2, 0.25) is 5.02 Å². The highest BCUT2D eigenvalue weighted by Gasteiger charge is 2.37. The van der Waals surface area contributed by atoms with Gasteiger partial charge in [-0.25, -0.2) is 4.79 Å². The van der Waals surface area contributed by atoms with Crippen molar-refractivity contribution in [3.05, 3.63) is 38.4 Å². The number of benzene rings is 1. The summed E-state index contributed by atoms with van der Waals surface area (Å²) in [6.45, 7) is 0. The Labute approximate surface area is 103 Å². The molecule has 0 bridgehead atoms. The van der Waals surface area contributed by atoms with Crippen LogP contribution in [0.5, 0.6) is 0 Å². The molecule has 0 radical (unpaired) electrons. The molecule has 1 aromatic carbocycles. The first-order valence-electron chi connectivity index (χ1n) is 4.32. The molecule has 5 nitrogen and oxygen atoms in total. The van der Waals surface area contributed by atoms with E-state index in [0.29, 0.717) is 6.07 Å². The molecule has 0 N–H and O–H groups in total. The molecule has 0 aromatic heterocycles. The van der Waals surface area contributed by atoms with Crippen molar-refractivity contribution in [2.24, 2.45) is 0 Å². The number of hydrogen-bond acceptors (Lipinski definition) is 4. The van der Waals surface area contributed by atoms with Gasteiger partial charge < -0.3 is 4.74 Å². The Morgan fingerprint density at radius 1 is 1.44 bits per heavy atom. The summed E-state index contributed by atoms with van der Waals surface area (Å²) >= 11 is 5.34. The topological polar surface area (TPSA) is 69.4 Å². The molecular weight excluding hydrogens is 279 g/mol. The maximum atomic E-state index is 12.5. The van der Waals surface area contributed by atoms with Gasteiger partial charge in [0.1, 0.15) is 5.56 Å². The van der Waals surface area contributed by atoms with Crippen LogP contribution >= 0.6 is 11.6 Å². The van der Waals surface area contributed by atoms with Gasteiger partial charge >= 0.3 is 12.1 Å². The second-order valence-electron chi connectivity index (χ2n) is 3.10. The summed E-state index contributed by atoms with van der Waals surface area (Å²) in [6.07, 6.45) is -4.85. The lowest BCUT2D eigenvalue weighted by atomic mass is 10.1. The second-order valence-corrected chi connectivity index (χ2v) is 3.50. The number of nitrogens with zero attached hydrogens (tertiary/aromatic N) is 1. The van der Waals surface area contributed by atoms with Crippen LogP contribution in [0.15, 0.2) is 12.1 Å². The molecule has 0 unspecified atom stereocenters. The summed E-state index contributed by atoms with van der Waals surface area (Å²) in [5.41, 5.74) is -3.04. The summed E-state index contributed by atoms with van der Waals surface area (Å²) in [6, 6.07) is 0.767. The average Bonchev–Trinajstić information content (AvgIpc) is 2.25. The normalized spacial score (nSPS) is 11.2. The summed E-state index contributed by atoms with van der Waals surface area (Å²) < 4.78 is 41.7. The first-order chi connectivity index (χ1) is 8.18. The molecular formula is C9H5ClF3NO4. The maximum absolute atomic E-state index is 12.5. The van der Waals surface area contributed by atoms with E-state index >= 15 is 0 Å². The highest BCUT2D eigenvalue weighted by molar-refractivity contribution is 6.32.